The second-order valence-electron chi connectivity index (χ2n) is 4.91. The molecule has 23 heavy (non-hydrogen) atoms. The molecule has 0 aliphatic heterocycles. The van der Waals surface area contributed by atoms with Gasteiger partial charge in [-0.15, -0.1) is 0 Å². The Hall–Kier alpha value is -2.28. The van der Waals surface area contributed by atoms with Crippen molar-refractivity contribution >= 4 is 27.4 Å². The second kappa shape index (κ2) is 6.08. The van der Waals surface area contributed by atoms with Gasteiger partial charge in [0.1, 0.15) is 17.2 Å². The van der Waals surface area contributed by atoms with Crippen molar-refractivity contribution in [3.05, 3.63) is 69.7 Å². The number of hydrogen-bond acceptors (Lipinski definition) is 3. The van der Waals surface area contributed by atoms with Crippen LogP contribution < -0.4 is 0 Å². The summed E-state index contributed by atoms with van der Waals surface area (Å²) in [6.07, 6.45) is 2.82. The predicted octanol–water partition coefficient (Wildman–Crippen LogP) is 3.75. The Bertz CT molecular complexity index is 908. The molecule has 2 heterocycles. The maximum atomic E-state index is 14.1. The number of pyridine rings is 1. The van der Waals surface area contributed by atoms with Crippen molar-refractivity contribution in [2.45, 2.75) is 6.42 Å². The van der Waals surface area contributed by atoms with Crippen molar-refractivity contribution in [2.75, 3.05) is 7.11 Å². The molecule has 3 aromatic rings. The number of imidazole rings is 1. The van der Waals surface area contributed by atoms with Gasteiger partial charge >= 0.3 is 5.97 Å². The van der Waals surface area contributed by atoms with Gasteiger partial charge in [-0.1, -0.05) is 22.0 Å². The van der Waals surface area contributed by atoms with Crippen molar-refractivity contribution < 1.29 is 18.3 Å². The lowest BCUT2D eigenvalue weighted by Crippen LogP contribution is -2.12. The molecule has 0 bridgehead atoms. The van der Waals surface area contributed by atoms with Gasteiger partial charge in [-0.3, -0.25) is 4.40 Å². The molecule has 0 spiro atoms. The number of halogens is 3. The largest absolute Gasteiger partial charge is 0.465 e. The van der Waals surface area contributed by atoms with Crippen LogP contribution in [0.4, 0.5) is 8.78 Å². The van der Waals surface area contributed by atoms with Gasteiger partial charge in [-0.2, -0.15) is 0 Å². The Labute approximate surface area is 138 Å². The Morgan fingerprint density at radius 2 is 2.09 bits per heavy atom. The van der Waals surface area contributed by atoms with E-state index in [1.165, 1.54) is 30.1 Å². The number of aromatic nitrogens is 2. The number of hydrogen-bond donors (Lipinski definition) is 0. The number of methoxy groups -OCH3 is 1. The average molecular weight is 381 g/mol. The summed E-state index contributed by atoms with van der Waals surface area (Å²) in [6, 6.07) is 5.73. The van der Waals surface area contributed by atoms with E-state index in [-0.39, 0.29) is 17.5 Å². The predicted molar refractivity (Wildman–Crippen MR) is 83.4 cm³/mol. The number of nitrogens with zero attached hydrogens (tertiary/aromatic N) is 2. The molecule has 4 nitrogen and oxygen atoms in total. The summed E-state index contributed by atoms with van der Waals surface area (Å²) < 4.78 is 34.9. The van der Waals surface area contributed by atoms with E-state index in [2.05, 4.69) is 20.9 Å². The summed E-state index contributed by atoms with van der Waals surface area (Å²) in [7, 11) is 1.21. The third kappa shape index (κ3) is 2.84. The minimum atomic E-state index is -0.688. The van der Waals surface area contributed by atoms with Crippen molar-refractivity contribution in [3.63, 3.8) is 0 Å². The molecule has 0 unspecified atom stereocenters. The van der Waals surface area contributed by atoms with Crippen LogP contribution in [0.5, 0.6) is 0 Å². The van der Waals surface area contributed by atoms with E-state index in [0.717, 1.165) is 6.07 Å². The van der Waals surface area contributed by atoms with E-state index in [1.54, 1.807) is 12.1 Å². The normalized spacial score (nSPS) is 11.0. The first kappa shape index (κ1) is 15.6. The highest BCUT2D eigenvalue weighted by Crippen LogP contribution is 2.23. The highest BCUT2D eigenvalue weighted by molar-refractivity contribution is 9.10. The van der Waals surface area contributed by atoms with Gasteiger partial charge in [0.15, 0.2) is 0 Å². The van der Waals surface area contributed by atoms with Gasteiger partial charge in [-0.05, 0) is 23.8 Å². The number of benzene rings is 1. The zero-order valence-corrected chi connectivity index (χ0v) is 13.6. The van der Waals surface area contributed by atoms with Gasteiger partial charge in [-0.25, -0.2) is 18.6 Å². The number of rotatable bonds is 3. The third-order valence-electron chi connectivity index (χ3n) is 3.53. The molecule has 118 valence electrons. The van der Waals surface area contributed by atoms with Crippen LogP contribution in [0.25, 0.3) is 5.52 Å². The zero-order chi connectivity index (χ0) is 16.6. The van der Waals surface area contributed by atoms with Crippen LogP contribution in [0, 0.1) is 11.6 Å². The minimum absolute atomic E-state index is 0.0396. The number of carbonyl (C=O) groups is 1. The molecule has 0 fully saturated rings. The smallest absolute Gasteiger partial charge is 0.339 e. The summed E-state index contributed by atoms with van der Waals surface area (Å²) >= 11 is 3.19. The number of esters is 1. The molecule has 7 heteroatoms. The fourth-order valence-corrected chi connectivity index (χ4v) is 2.75. The molecule has 0 N–H and O–H groups in total. The van der Waals surface area contributed by atoms with Crippen LogP contribution in [0.15, 0.2) is 41.3 Å². The summed E-state index contributed by atoms with van der Waals surface area (Å²) in [4.78, 5) is 15.9. The Kier molecular flexibility index (Phi) is 4.12. The average Bonchev–Trinajstić information content (AvgIpc) is 3.01. The van der Waals surface area contributed by atoms with E-state index in [9.17, 15) is 13.6 Å². The van der Waals surface area contributed by atoms with Gasteiger partial charge in [0, 0.05) is 16.6 Å². The summed E-state index contributed by atoms with van der Waals surface area (Å²) in [6.45, 7) is 0. The van der Waals surface area contributed by atoms with Crippen LogP contribution in [-0.4, -0.2) is 22.5 Å². The highest BCUT2D eigenvalue weighted by Gasteiger charge is 2.20. The molecule has 2 aromatic heterocycles. The maximum Gasteiger partial charge on any atom is 0.339 e. The number of ether oxygens (including phenoxy) is 1. The topological polar surface area (TPSA) is 43.6 Å². The molecular weight excluding hydrogens is 370 g/mol. The van der Waals surface area contributed by atoms with Crippen molar-refractivity contribution in [3.8, 4) is 0 Å². The quantitative estimate of drug-likeness (QED) is 0.649. The Morgan fingerprint density at radius 1 is 1.30 bits per heavy atom. The van der Waals surface area contributed by atoms with Gasteiger partial charge < -0.3 is 4.74 Å². The molecule has 0 atom stereocenters. The van der Waals surface area contributed by atoms with E-state index < -0.39 is 17.6 Å². The standard InChI is InChI=1S/C16H11BrF2N2O2/c1-23-16(22)11-6-13(19)15-7-20-8-21(15)14(11)4-9-2-3-10(17)5-12(9)18/h2-3,5-8H,4H2,1H3. The first-order valence-electron chi connectivity index (χ1n) is 6.67. The molecule has 0 amide bonds. The highest BCUT2D eigenvalue weighted by atomic mass is 79.9. The molecule has 0 saturated carbocycles. The van der Waals surface area contributed by atoms with E-state index in [0.29, 0.717) is 15.7 Å². The zero-order valence-electron chi connectivity index (χ0n) is 12.0. The van der Waals surface area contributed by atoms with Crippen LogP contribution in [0.2, 0.25) is 0 Å². The maximum absolute atomic E-state index is 14.1. The van der Waals surface area contributed by atoms with Gasteiger partial charge in [0.05, 0.1) is 25.2 Å². The lowest BCUT2D eigenvalue weighted by molar-refractivity contribution is 0.0598. The Balaban J connectivity index is 2.20. The minimum Gasteiger partial charge on any atom is -0.465 e. The molecule has 0 aliphatic carbocycles. The van der Waals surface area contributed by atoms with E-state index in [4.69, 9.17) is 4.74 Å². The molecular formula is C16H11BrF2N2O2. The van der Waals surface area contributed by atoms with Crippen molar-refractivity contribution in [1.29, 1.82) is 0 Å². The van der Waals surface area contributed by atoms with Gasteiger partial charge in [0.25, 0.3) is 0 Å². The van der Waals surface area contributed by atoms with Crippen LogP contribution >= 0.6 is 15.9 Å². The fourth-order valence-electron chi connectivity index (χ4n) is 2.41. The van der Waals surface area contributed by atoms with Crippen molar-refractivity contribution in [2.24, 2.45) is 0 Å². The Morgan fingerprint density at radius 3 is 2.78 bits per heavy atom. The SMILES string of the molecule is COC(=O)c1cc(F)c2cncn2c1Cc1ccc(Br)cc1F. The first-order valence-corrected chi connectivity index (χ1v) is 7.46. The molecule has 0 aliphatic rings. The van der Waals surface area contributed by atoms with E-state index >= 15 is 0 Å². The van der Waals surface area contributed by atoms with Crippen LogP contribution in [0.1, 0.15) is 21.6 Å². The number of fused-ring (bicyclic) bond motifs is 1. The lowest BCUT2D eigenvalue weighted by Gasteiger charge is -2.12. The molecule has 1 aromatic carbocycles. The summed E-state index contributed by atoms with van der Waals surface area (Å²) in [5, 5.41) is 0. The van der Waals surface area contributed by atoms with Crippen LogP contribution in [0.3, 0.4) is 0 Å². The van der Waals surface area contributed by atoms with E-state index in [1.807, 2.05) is 0 Å². The third-order valence-corrected chi connectivity index (χ3v) is 4.03. The first-order chi connectivity index (χ1) is 11.0. The monoisotopic (exact) mass is 380 g/mol. The summed E-state index contributed by atoms with van der Waals surface area (Å²) in [5.41, 5.74) is 1.04. The second-order valence-corrected chi connectivity index (χ2v) is 5.82. The molecule has 3 rings (SSSR count). The van der Waals surface area contributed by atoms with Crippen molar-refractivity contribution in [1.82, 2.24) is 9.38 Å². The lowest BCUT2D eigenvalue weighted by atomic mass is 10.0. The van der Waals surface area contributed by atoms with Gasteiger partial charge in [0.2, 0.25) is 0 Å². The summed E-state index contributed by atoms with van der Waals surface area (Å²) in [5.74, 6) is -1.71. The molecule has 0 radical (unpaired) electrons. The molecule has 0 saturated heterocycles. The fraction of sp³-hybridized carbons (Fsp3) is 0.125. The number of carbonyl (C=O) groups excluding carboxylic acids is 1. The van der Waals surface area contributed by atoms with Crippen LogP contribution in [-0.2, 0) is 11.2 Å².